The molecule has 0 saturated heterocycles. The summed E-state index contributed by atoms with van der Waals surface area (Å²) in [5, 5.41) is 0.224. The van der Waals surface area contributed by atoms with Crippen LogP contribution in [-0.4, -0.2) is 15.7 Å². The summed E-state index contributed by atoms with van der Waals surface area (Å²) in [5.74, 6) is 0.177. The number of aromatic nitrogens is 2. The number of nitrogens with zero attached hydrogens (tertiary/aromatic N) is 2. The Balaban J connectivity index is 2.62. The fourth-order valence-corrected chi connectivity index (χ4v) is 2.25. The van der Waals surface area contributed by atoms with Gasteiger partial charge in [-0.3, -0.25) is 9.36 Å². The Bertz CT molecular complexity index is 945. The van der Waals surface area contributed by atoms with Crippen LogP contribution in [0.2, 0.25) is 5.02 Å². The minimum atomic E-state index is -4.82. The van der Waals surface area contributed by atoms with Crippen molar-refractivity contribution in [3.63, 3.8) is 0 Å². The lowest BCUT2D eigenvalue weighted by molar-refractivity contribution is -0.144. The highest BCUT2D eigenvalue weighted by Crippen LogP contribution is 2.28. The summed E-state index contributed by atoms with van der Waals surface area (Å²) in [6.45, 7) is 5.56. The minimum absolute atomic E-state index is 0.0421. The van der Waals surface area contributed by atoms with Gasteiger partial charge in [0.05, 0.1) is 10.7 Å². The van der Waals surface area contributed by atoms with Gasteiger partial charge in [-0.15, -0.1) is 0 Å². The molecule has 0 saturated carbocycles. The van der Waals surface area contributed by atoms with Crippen molar-refractivity contribution in [2.24, 2.45) is 7.05 Å². The predicted molar refractivity (Wildman–Crippen MR) is 87.6 cm³/mol. The second-order valence-corrected chi connectivity index (χ2v) is 5.81. The van der Waals surface area contributed by atoms with E-state index in [0.29, 0.717) is 20.8 Å². The highest BCUT2D eigenvalue weighted by molar-refractivity contribution is 6.32. The second-order valence-electron chi connectivity index (χ2n) is 5.40. The van der Waals surface area contributed by atoms with Gasteiger partial charge in [-0.05, 0) is 24.6 Å². The Morgan fingerprint density at radius 3 is 2.48 bits per heavy atom. The van der Waals surface area contributed by atoms with Crippen molar-refractivity contribution < 1.29 is 17.9 Å². The van der Waals surface area contributed by atoms with E-state index in [0.717, 1.165) is 7.05 Å². The number of hydrogen-bond acceptors (Lipinski definition) is 3. The van der Waals surface area contributed by atoms with Crippen molar-refractivity contribution in [3.8, 4) is 11.4 Å². The van der Waals surface area contributed by atoms with Gasteiger partial charge in [0.25, 0.3) is 5.56 Å². The molecule has 0 N–H and O–H groups in total. The quantitative estimate of drug-likeness (QED) is 0.772. The first-order chi connectivity index (χ1) is 11.5. The first-order valence-corrected chi connectivity index (χ1v) is 7.37. The zero-order valence-electron chi connectivity index (χ0n) is 13.4. The maximum atomic E-state index is 12.9. The van der Waals surface area contributed by atoms with E-state index in [2.05, 4.69) is 6.58 Å². The molecule has 2 aromatic rings. The van der Waals surface area contributed by atoms with Crippen LogP contribution in [-0.2, 0) is 13.2 Å². The molecular formula is C16H14ClF3N2O3. The van der Waals surface area contributed by atoms with Crippen LogP contribution >= 0.6 is 11.6 Å². The molecule has 1 aromatic heterocycles. The molecule has 0 amide bonds. The van der Waals surface area contributed by atoms with E-state index < -0.39 is 23.1 Å². The Morgan fingerprint density at radius 2 is 1.92 bits per heavy atom. The maximum Gasteiger partial charge on any atom is 0.431 e. The Hall–Kier alpha value is -2.48. The van der Waals surface area contributed by atoms with Gasteiger partial charge in [0.15, 0.2) is 0 Å². The van der Waals surface area contributed by atoms with Gasteiger partial charge < -0.3 is 4.74 Å². The molecule has 0 aliphatic rings. The van der Waals surface area contributed by atoms with Crippen molar-refractivity contribution in [2.45, 2.75) is 13.1 Å². The Kier molecular flexibility index (Phi) is 5.12. The topological polar surface area (TPSA) is 53.2 Å². The highest BCUT2D eigenvalue weighted by atomic mass is 35.5. The van der Waals surface area contributed by atoms with Crippen LogP contribution in [0.5, 0.6) is 5.75 Å². The lowest BCUT2D eigenvalue weighted by Crippen LogP contribution is -2.40. The Morgan fingerprint density at radius 1 is 1.28 bits per heavy atom. The van der Waals surface area contributed by atoms with Crippen LogP contribution in [0.4, 0.5) is 13.2 Å². The van der Waals surface area contributed by atoms with E-state index in [9.17, 15) is 22.8 Å². The normalized spacial score (nSPS) is 11.4. The molecule has 1 aromatic carbocycles. The zero-order chi connectivity index (χ0) is 18.9. The Labute approximate surface area is 145 Å². The van der Waals surface area contributed by atoms with Gasteiger partial charge in [0, 0.05) is 19.2 Å². The molecule has 25 heavy (non-hydrogen) atoms. The molecule has 0 radical (unpaired) electrons. The van der Waals surface area contributed by atoms with Gasteiger partial charge in [0.2, 0.25) is 0 Å². The molecule has 5 nitrogen and oxygen atoms in total. The second kappa shape index (κ2) is 6.79. The molecule has 1 heterocycles. The molecule has 0 aliphatic carbocycles. The molecule has 9 heteroatoms. The first kappa shape index (κ1) is 18.9. The number of ether oxygens (including phenoxy) is 1. The number of halogens is 4. The van der Waals surface area contributed by atoms with Gasteiger partial charge in [0.1, 0.15) is 18.1 Å². The summed E-state index contributed by atoms with van der Waals surface area (Å²) >= 11 is 5.99. The number of hydrogen-bond donors (Lipinski definition) is 0. The van der Waals surface area contributed by atoms with Gasteiger partial charge in [-0.1, -0.05) is 18.2 Å². The molecule has 0 spiro atoms. The van der Waals surface area contributed by atoms with Crippen LogP contribution in [0.15, 0.2) is 46.0 Å². The fraction of sp³-hybridized carbons (Fsp3) is 0.250. The summed E-state index contributed by atoms with van der Waals surface area (Å²) in [6, 6.07) is 4.39. The van der Waals surface area contributed by atoms with Crippen LogP contribution in [0.3, 0.4) is 0 Å². The van der Waals surface area contributed by atoms with Gasteiger partial charge >= 0.3 is 11.9 Å². The van der Waals surface area contributed by atoms with Gasteiger partial charge in [-0.25, -0.2) is 9.36 Å². The lowest BCUT2D eigenvalue weighted by Gasteiger charge is -2.15. The SMILES string of the molecule is C=C(C)COc1cc(-n2c(=O)cc(C(F)(F)F)n(C)c2=O)ccc1Cl. The molecule has 0 bridgehead atoms. The average Bonchev–Trinajstić information content (AvgIpc) is 2.50. The van der Waals surface area contributed by atoms with Crippen molar-refractivity contribution in [1.82, 2.24) is 9.13 Å². The van der Waals surface area contributed by atoms with Crippen molar-refractivity contribution in [2.75, 3.05) is 6.61 Å². The molecule has 2 rings (SSSR count). The smallest absolute Gasteiger partial charge is 0.431 e. The van der Waals surface area contributed by atoms with Crippen molar-refractivity contribution >= 4 is 11.6 Å². The van der Waals surface area contributed by atoms with Gasteiger partial charge in [-0.2, -0.15) is 13.2 Å². The molecular weight excluding hydrogens is 361 g/mol. The largest absolute Gasteiger partial charge is 0.488 e. The average molecular weight is 375 g/mol. The third-order valence-corrected chi connectivity index (χ3v) is 3.57. The van der Waals surface area contributed by atoms with E-state index in [1.54, 1.807) is 6.92 Å². The minimum Gasteiger partial charge on any atom is -0.488 e. The predicted octanol–water partition coefficient (Wildman–Crippen LogP) is 3.16. The maximum absolute atomic E-state index is 12.9. The van der Waals surface area contributed by atoms with Crippen LogP contribution < -0.4 is 16.0 Å². The summed E-state index contributed by atoms with van der Waals surface area (Å²) in [4.78, 5) is 24.3. The van der Waals surface area contributed by atoms with Crippen molar-refractivity contribution in [1.29, 1.82) is 0 Å². The number of benzene rings is 1. The van der Waals surface area contributed by atoms with E-state index in [4.69, 9.17) is 16.3 Å². The molecule has 134 valence electrons. The third kappa shape index (κ3) is 3.96. The lowest BCUT2D eigenvalue weighted by atomic mass is 10.2. The molecule has 0 unspecified atom stereocenters. The van der Waals surface area contributed by atoms with Crippen LogP contribution in [0.1, 0.15) is 12.6 Å². The van der Waals surface area contributed by atoms with E-state index in [1.807, 2.05) is 0 Å². The van der Waals surface area contributed by atoms with E-state index >= 15 is 0 Å². The standard InChI is InChI=1S/C16H14ClF3N2O3/c1-9(2)8-25-12-6-10(4-5-11(12)17)22-14(23)7-13(16(18,19)20)21(3)15(22)24/h4-7H,1,8H2,2-3H3. The van der Waals surface area contributed by atoms with Crippen LogP contribution in [0, 0.1) is 0 Å². The summed E-state index contributed by atoms with van der Waals surface area (Å²) in [5.41, 5.74) is -2.81. The zero-order valence-corrected chi connectivity index (χ0v) is 14.1. The van der Waals surface area contributed by atoms with E-state index in [1.165, 1.54) is 18.2 Å². The summed E-state index contributed by atoms with van der Waals surface area (Å²) < 4.78 is 45.0. The highest BCUT2D eigenvalue weighted by Gasteiger charge is 2.35. The third-order valence-electron chi connectivity index (χ3n) is 3.26. The first-order valence-electron chi connectivity index (χ1n) is 6.99. The van der Waals surface area contributed by atoms with E-state index in [-0.39, 0.29) is 23.1 Å². The molecule has 0 atom stereocenters. The van der Waals surface area contributed by atoms with Crippen molar-refractivity contribution in [3.05, 3.63) is 68.0 Å². The number of rotatable bonds is 4. The monoisotopic (exact) mass is 374 g/mol. The fourth-order valence-electron chi connectivity index (χ4n) is 2.08. The summed E-state index contributed by atoms with van der Waals surface area (Å²) in [7, 11) is 0.940. The molecule has 0 aliphatic heterocycles. The summed E-state index contributed by atoms with van der Waals surface area (Å²) in [6.07, 6.45) is -4.82. The van der Waals surface area contributed by atoms with Crippen LogP contribution in [0.25, 0.3) is 5.69 Å². The number of alkyl halides is 3. The molecule has 0 fully saturated rings.